The second kappa shape index (κ2) is 5.68. The molecule has 0 saturated heterocycles. The Morgan fingerprint density at radius 2 is 1.84 bits per heavy atom. The molecule has 0 spiro atoms. The number of hydrogen-bond acceptors (Lipinski definition) is 1. The molecule has 1 nitrogen and oxygen atoms in total. The van der Waals surface area contributed by atoms with Gasteiger partial charge in [0, 0.05) is 11.4 Å². The quantitative estimate of drug-likeness (QED) is 0.894. The van der Waals surface area contributed by atoms with E-state index in [-0.39, 0.29) is 6.42 Å². The SMILES string of the molecule is Cc1ccc(C(O)Cc2ccc(F)c(F)c2)c(Cl)c1. The van der Waals surface area contributed by atoms with E-state index in [1.807, 2.05) is 13.0 Å². The fraction of sp³-hybridized carbons (Fsp3) is 0.200. The molecule has 0 heterocycles. The van der Waals surface area contributed by atoms with Gasteiger partial charge in [0.15, 0.2) is 11.6 Å². The summed E-state index contributed by atoms with van der Waals surface area (Å²) in [6.45, 7) is 1.90. The number of aliphatic hydroxyl groups excluding tert-OH is 1. The summed E-state index contributed by atoms with van der Waals surface area (Å²) < 4.78 is 25.9. The Bertz CT molecular complexity index is 599. The summed E-state index contributed by atoms with van der Waals surface area (Å²) in [5, 5.41) is 10.6. The largest absolute Gasteiger partial charge is 0.388 e. The lowest BCUT2D eigenvalue weighted by Crippen LogP contribution is -2.03. The van der Waals surface area contributed by atoms with Gasteiger partial charge < -0.3 is 5.11 Å². The predicted octanol–water partition coefficient (Wildman–Crippen LogP) is 4.20. The van der Waals surface area contributed by atoms with Crippen LogP contribution in [0.4, 0.5) is 8.78 Å². The van der Waals surface area contributed by atoms with Gasteiger partial charge in [-0.3, -0.25) is 0 Å². The number of aryl methyl sites for hydroxylation is 1. The molecule has 0 fully saturated rings. The van der Waals surface area contributed by atoms with Gasteiger partial charge in [-0.1, -0.05) is 29.8 Å². The van der Waals surface area contributed by atoms with Crippen molar-refractivity contribution in [2.24, 2.45) is 0 Å². The number of halogens is 3. The van der Waals surface area contributed by atoms with Gasteiger partial charge in [-0.25, -0.2) is 8.78 Å². The molecule has 100 valence electrons. The molecule has 2 aromatic rings. The summed E-state index contributed by atoms with van der Waals surface area (Å²) >= 11 is 6.05. The van der Waals surface area contributed by atoms with Gasteiger partial charge >= 0.3 is 0 Å². The number of hydrogen-bond donors (Lipinski definition) is 1. The highest BCUT2D eigenvalue weighted by Crippen LogP contribution is 2.27. The molecule has 1 N–H and O–H groups in total. The molecule has 0 aromatic heterocycles. The molecule has 0 amide bonds. The minimum absolute atomic E-state index is 0.181. The molecule has 0 aliphatic carbocycles. The van der Waals surface area contributed by atoms with Crippen molar-refractivity contribution in [1.29, 1.82) is 0 Å². The van der Waals surface area contributed by atoms with E-state index in [0.29, 0.717) is 16.1 Å². The lowest BCUT2D eigenvalue weighted by molar-refractivity contribution is 0.178. The zero-order valence-electron chi connectivity index (χ0n) is 10.3. The molecule has 1 unspecified atom stereocenters. The van der Waals surface area contributed by atoms with Gasteiger partial charge in [0.1, 0.15) is 0 Å². The van der Waals surface area contributed by atoms with Crippen LogP contribution in [0.1, 0.15) is 22.8 Å². The van der Waals surface area contributed by atoms with Gasteiger partial charge in [-0.05, 0) is 41.8 Å². The molecule has 1 atom stereocenters. The van der Waals surface area contributed by atoms with Crippen LogP contribution in [0.5, 0.6) is 0 Å². The van der Waals surface area contributed by atoms with Crippen LogP contribution in [0, 0.1) is 18.6 Å². The zero-order chi connectivity index (χ0) is 14.0. The van der Waals surface area contributed by atoms with Crippen LogP contribution in [0.25, 0.3) is 0 Å². The monoisotopic (exact) mass is 282 g/mol. The molecule has 2 aromatic carbocycles. The maximum absolute atomic E-state index is 13.1. The Kier molecular flexibility index (Phi) is 4.17. The summed E-state index contributed by atoms with van der Waals surface area (Å²) in [6.07, 6.45) is -0.669. The smallest absolute Gasteiger partial charge is 0.159 e. The Morgan fingerprint density at radius 1 is 1.11 bits per heavy atom. The molecule has 0 saturated carbocycles. The van der Waals surface area contributed by atoms with E-state index in [4.69, 9.17) is 11.6 Å². The van der Waals surface area contributed by atoms with Crippen molar-refractivity contribution in [3.8, 4) is 0 Å². The summed E-state index contributed by atoms with van der Waals surface area (Å²) in [7, 11) is 0. The predicted molar refractivity (Wildman–Crippen MR) is 71.2 cm³/mol. The molecule has 0 aliphatic heterocycles. The first-order chi connectivity index (χ1) is 8.97. The van der Waals surface area contributed by atoms with Crippen molar-refractivity contribution in [1.82, 2.24) is 0 Å². The third-order valence-electron chi connectivity index (χ3n) is 2.93. The summed E-state index contributed by atoms with van der Waals surface area (Å²) in [6, 6.07) is 8.92. The van der Waals surface area contributed by atoms with Gasteiger partial charge in [0.05, 0.1) is 6.10 Å². The van der Waals surface area contributed by atoms with E-state index in [9.17, 15) is 13.9 Å². The Labute approximate surface area is 115 Å². The molecule has 2 rings (SSSR count). The fourth-order valence-electron chi connectivity index (χ4n) is 1.90. The third-order valence-corrected chi connectivity index (χ3v) is 3.26. The molecule has 0 aliphatic rings. The lowest BCUT2D eigenvalue weighted by Gasteiger charge is -2.13. The van der Waals surface area contributed by atoms with Crippen molar-refractivity contribution >= 4 is 11.6 Å². The van der Waals surface area contributed by atoms with Crippen LogP contribution >= 0.6 is 11.6 Å². The van der Waals surface area contributed by atoms with Crippen molar-refractivity contribution in [3.05, 3.63) is 69.7 Å². The second-order valence-electron chi connectivity index (χ2n) is 4.49. The number of aliphatic hydroxyl groups is 1. The van der Waals surface area contributed by atoms with E-state index in [1.165, 1.54) is 6.07 Å². The van der Waals surface area contributed by atoms with Crippen molar-refractivity contribution in [3.63, 3.8) is 0 Å². The van der Waals surface area contributed by atoms with Crippen LogP contribution in [0.3, 0.4) is 0 Å². The van der Waals surface area contributed by atoms with Crippen molar-refractivity contribution in [2.45, 2.75) is 19.4 Å². The van der Waals surface area contributed by atoms with E-state index >= 15 is 0 Å². The first-order valence-corrected chi connectivity index (χ1v) is 6.23. The fourth-order valence-corrected chi connectivity index (χ4v) is 2.26. The van der Waals surface area contributed by atoms with Crippen LogP contribution in [0.2, 0.25) is 5.02 Å². The molecule has 0 bridgehead atoms. The summed E-state index contributed by atoms with van der Waals surface area (Å²) in [5.41, 5.74) is 2.09. The number of rotatable bonds is 3. The Morgan fingerprint density at radius 3 is 2.47 bits per heavy atom. The molecular formula is C15H13ClF2O. The molecule has 4 heteroatoms. The van der Waals surface area contributed by atoms with Crippen LogP contribution in [0.15, 0.2) is 36.4 Å². The standard InChI is InChI=1S/C15H13ClF2O/c1-9-2-4-11(12(16)6-9)15(19)8-10-3-5-13(17)14(18)7-10/h2-7,15,19H,8H2,1H3. The van der Waals surface area contributed by atoms with E-state index in [0.717, 1.165) is 17.7 Å². The van der Waals surface area contributed by atoms with E-state index in [2.05, 4.69) is 0 Å². The highest BCUT2D eigenvalue weighted by molar-refractivity contribution is 6.31. The zero-order valence-corrected chi connectivity index (χ0v) is 11.1. The maximum Gasteiger partial charge on any atom is 0.159 e. The minimum atomic E-state index is -0.917. The lowest BCUT2D eigenvalue weighted by atomic mass is 10.0. The second-order valence-corrected chi connectivity index (χ2v) is 4.90. The van der Waals surface area contributed by atoms with Crippen molar-refractivity contribution < 1.29 is 13.9 Å². The minimum Gasteiger partial charge on any atom is -0.388 e. The first kappa shape index (κ1) is 14.0. The molecule has 0 radical (unpaired) electrons. The average Bonchev–Trinajstić information content (AvgIpc) is 2.33. The van der Waals surface area contributed by atoms with E-state index in [1.54, 1.807) is 12.1 Å². The van der Waals surface area contributed by atoms with Gasteiger partial charge in [0.25, 0.3) is 0 Å². The third kappa shape index (κ3) is 3.31. The Hall–Kier alpha value is -1.45. The first-order valence-electron chi connectivity index (χ1n) is 5.85. The van der Waals surface area contributed by atoms with Crippen LogP contribution in [-0.2, 0) is 6.42 Å². The average molecular weight is 283 g/mol. The number of benzene rings is 2. The van der Waals surface area contributed by atoms with Gasteiger partial charge in [0.2, 0.25) is 0 Å². The van der Waals surface area contributed by atoms with Crippen LogP contribution < -0.4 is 0 Å². The molecular weight excluding hydrogens is 270 g/mol. The van der Waals surface area contributed by atoms with Crippen LogP contribution in [-0.4, -0.2) is 5.11 Å². The van der Waals surface area contributed by atoms with E-state index < -0.39 is 17.7 Å². The summed E-state index contributed by atoms with van der Waals surface area (Å²) in [4.78, 5) is 0. The normalized spacial score (nSPS) is 12.5. The maximum atomic E-state index is 13.1. The summed E-state index contributed by atoms with van der Waals surface area (Å²) in [5.74, 6) is -1.81. The topological polar surface area (TPSA) is 20.2 Å². The van der Waals surface area contributed by atoms with Gasteiger partial charge in [-0.15, -0.1) is 0 Å². The highest BCUT2D eigenvalue weighted by Gasteiger charge is 2.13. The van der Waals surface area contributed by atoms with Gasteiger partial charge in [-0.2, -0.15) is 0 Å². The highest BCUT2D eigenvalue weighted by atomic mass is 35.5. The Balaban J connectivity index is 2.20. The molecule has 19 heavy (non-hydrogen) atoms. The van der Waals surface area contributed by atoms with Crippen molar-refractivity contribution in [2.75, 3.05) is 0 Å².